The van der Waals surface area contributed by atoms with Crippen molar-refractivity contribution in [3.8, 4) is 0 Å². The lowest BCUT2D eigenvalue weighted by Gasteiger charge is -2.26. The van der Waals surface area contributed by atoms with Crippen LogP contribution in [0.25, 0.3) is 10.9 Å². The number of carbonyl (C=O) groups excluding carboxylic acids is 1. The summed E-state index contributed by atoms with van der Waals surface area (Å²) in [5, 5.41) is 7.96. The van der Waals surface area contributed by atoms with Crippen LogP contribution in [0, 0.1) is 0 Å². The zero-order chi connectivity index (χ0) is 13.1. The highest BCUT2D eigenvalue weighted by molar-refractivity contribution is 6.04. The second-order valence-electron chi connectivity index (χ2n) is 4.47. The van der Waals surface area contributed by atoms with E-state index >= 15 is 0 Å². The molecule has 2 rings (SSSR count). The van der Waals surface area contributed by atoms with Crippen molar-refractivity contribution in [1.29, 1.82) is 0 Å². The number of nitrogens with zero attached hydrogens (tertiary/aromatic N) is 2. The summed E-state index contributed by atoms with van der Waals surface area (Å²) >= 11 is 0. The van der Waals surface area contributed by atoms with Crippen molar-refractivity contribution in [2.24, 2.45) is 0 Å². The Kier molecular flexibility index (Phi) is 3.65. The monoisotopic (exact) mass is 245 g/mol. The van der Waals surface area contributed by atoms with Crippen LogP contribution in [0.15, 0.2) is 24.3 Å². The lowest BCUT2D eigenvalue weighted by molar-refractivity contribution is 0.0696. The van der Waals surface area contributed by atoms with E-state index in [1.54, 1.807) is 0 Å². The number of rotatable bonds is 4. The Hall–Kier alpha value is -1.84. The van der Waals surface area contributed by atoms with E-state index < -0.39 is 0 Å². The van der Waals surface area contributed by atoms with E-state index in [4.69, 9.17) is 0 Å². The number of benzene rings is 1. The highest BCUT2D eigenvalue weighted by Gasteiger charge is 2.22. The topological polar surface area (TPSA) is 49.0 Å². The Bertz CT molecular complexity index is 547. The average Bonchev–Trinajstić information content (AvgIpc) is 2.82. The molecule has 0 radical (unpaired) electrons. The molecule has 0 spiro atoms. The highest BCUT2D eigenvalue weighted by Crippen LogP contribution is 2.18. The van der Waals surface area contributed by atoms with Crippen molar-refractivity contribution in [3.63, 3.8) is 0 Å². The first kappa shape index (κ1) is 12.6. The Morgan fingerprint density at radius 2 is 2.11 bits per heavy atom. The van der Waals surface area contributed by atoms with E-state index in [2.05, 4.69) is 24.0 Å². The first-order chi connectivity index (χ1) is 8.69. The van der Waals surface area contributed by atoms with E-state index in [0.29, 0.717) is 12.2 Å². The summed E-state index contributed by atoms with van der Waals surface area (Å²) < 4.78 is 0. The van der Waals surface area contributed by atoms with Crippen LogP contribution in [0.3, 0.4) is 0 Å². The van der Waals surface area contributed by atoms with E-state index in [9.17, 15) is 4.79 Å². The lowest BCUT2D eigenvalue weighted by atomic mass is 10.1. The van der Waals surface area contributed by atoms with Crippen LogP contribution in [0.5, 0.6) is 0 Å². The molecule has 0 aliphatic carbocycles. The zero-order valence-electron chi connectivity index (χ0n) is 11.1. The molecule has 0 saturated carbocycles. The van der Waals surface area contributed by atoms with Crippen molar-refractivity contribution < 1.29 is 4.79 Å². The summed E-state index contributed by atoms with van der Waals surface area (Å²) in [6, 6.07) is 7.95. The number of fused-ring (bicyclic) bond motifs is 1. The van der Waals surface area contributed by atoms with E-state index in [1.165, 1.54) is 0 Å². The molecule has 4 heteroatoms. The summed E-state index contributed by atoms with van der Waals surface area (Å²) in [7, 11) is 0. The van der Waals surface area contributed by atoms with Crippen LogP contribution in [0.2, 0.25) is 0 Å². The smallest absolute Gasteiger partial charge is 0.275 e. The average molecular weight is 245 g/mol. The number of hydrogen-bond acceptors (Lipinski definition) is 2. The van der Waals surface area contributed by atoms with Crippen LogP contribution >= 0.6 is 0 Å². The maximum Gasteiger partial charge on any atom is 0.275 e. The molecule has 18 heavy (non-hydrogen) atoms. The van der Waals surface area contributed by atoms with E-state index in [-0.39, 0.29) is 11.9 Å². The molecule has 1 aromatic carbocycles. The molecule has 1 unspecified atom stereocenters. The maximum atomic E-state index is 12.5. The molecule has 0 aliphatic heterocycles. The molecule has 2 aromatic rings. The number of hydrogen-bond donors (Lipinski definition) is 1. The van der Waals surface area contributed by atoms with Gasteiger partial charge in [0.15, 0.2) is 5.69 Å². The first-order valence-electron chi connectivity index (χ1n) is 6.43. The highest BCUT2D eigenvalue weighted by atomic mass is 16.2. The molecule has 0 saturated heterocycles. The van der Waals surface area contributed by atoms with Gasteiger partial charge in [-0.25, -0.2) is 0 Å². The molecule has 0 aliphatic rings. The van der Waals surface area contributed by atoms with E-state index in [1.807, 2.05) is 36.1 Å². The minimum Gasteiger partial charge on any atom is -0.335 e. The maximum absolute atomic E-state index is 12.5. The summed E-state index contributed by atoms with van der Waals surface area (Å²) in [5.74, 6) is 0.00398. The van der Waals surface area contributed by atoms with Gasteiger partial charge >= 0.3 is 0 Å². The predicted octanol–water partition coefficient (Wildman–Crippen LogP) is 2.82. The second-order valence-corrected chi connectivity index (χ2v) is 4.47. The molecule has 96 valence electrons. The number of para-hydroxylation sites is 1. The fourth-order valence-corrected chi connectivity index (χ4v) is 2.14. The normalized spacial score (nSPS) is 12.6. The number of aromatic amines is 1. The quantitative estimate of drug-likeness (QED) is 0.900. The van der Waals surface area contributed by atoms with Gasteiger partial charge in [-0.15, -0.1) is 0 Å². The van der Waals surface area contributed by atoms with Crippen LogP contribution in [0.1, 0.15) is 37.7 Å². The SMILES string of the molecule is CCC(C)N(CC)C(=O)c1n[nH]c2ccccc12. The first-order valence-corrected chi connectivity index (χ1v) is 6.43. The van der Waals surface area contributed by atoms with Gasteiger partial charge in [-0.1, -0.05) is 25.1 Å². The molecule has 1 heterocycles. The summed E-state index contributed by atoms with van der Waals surface area (Å²) in [6.07, 6.45) is 0.946. The van der Waals surface area contributed by atoms with Crippen molar-refractivity contribution >= 4 is 16.8 Å². The van der Waals surface area contributed by atoms with Crippen LogP contribution in [0.4, 0.5) is 0 Å². The molecule has 4 nitrogen and oxygen atoms in total. The molecular formula is C14H19N3O. The molecule has 0 fully saturated rings. The van der Waals surface area contributed by atoms with Gasteiger partial charge in [0.1, 0.15) is 0 Å². The Morgan fingerprint density at radius 3 is 2.78 bits per heavy atom. The summed E-state index contributed by atoms with van der Waals surface area (Å²) in [4.78, 5) is 14.4. The third-order valence-corrected chi connectivity index (χ3v) is 3.40. The Morgan fingerprint density at radius 1 is 1.39 bits per heavy atom. The van der Waals surface area contributed by atoms with Crippen LogP contribution in [-0.4, -0.2) is 33.6 Å². The number of carbonyl (C=O) groups is 1. The predicted molar refractivity (Wildman–Crippen MR) is 72.6 cm³/mol. The minimum atomic E-state index is 0.00398. The Labute approximate surface area is 107 Å². The molecule has 1 aromatic heterocycles. The number of H-pyrrole nitrogens is 1. The number of aromatic nitrogens is 2. The van der Waals surface area contributed by atoms with E-state index in [0.717, 1.165) is 17.3 Å². The molecule has 0 bridgehead atoms. The summed E-state index contributed by atoms with van der Waals surface area (Å²) in [6.45, 7) is 6.85. The van der Waals surface area contributed by atoms with Gasteiger partial charge in [0.2, 0.25) is 0 Å². The van der Waals surface area contributed by atoms with Crippen LogP contribution < -0.4 is 0 Å². The van der Waals surface area contributed by atoms with Gasteiger partial charge in [-0.05, 0) is 26.3 Å². The van der Waals surface area contributed by atoms with Crippen molar-refractivity contribution in [2.45, 2.75) is 33.2 Å². The van der Waals surface area contributed by atoms with Crippen molar-refractivity contribution in [3.05, 3.63) is 30.0 Å². The van der Waals surface area contributed by atoms with Gasteiger partial charge < -0.3 is 4.90 Å². The van der Waals surface area contributed by atoms with Crippen molar-refractivity contribution in [1.82, 2.24) is 15.1 Å². The largest absolute Gasteiger partial charge is 0.335 e. The Balaban J connectivity index is 2.38. The molecule has 1 atom stereocenters. The standard InChI is InChI=1S/C14H19N3O/c1-4-10(3)17(5-2)14(18)13-11-8-6-7-9-12(11)15-16-13/h6-10H,4-5H2,1-3H3,(H,15,16). The number of nitrogens with one attached hydrogen (secondary N) is 1. The van der Waals surface area contributed by atoms with Crippen LogP contribution in [-0.2, 0) is 0 Å². The van der Waals surface area contributed by atoms with Gasteiger partial charge in [0, 0.05) is 18.0 Å². The van der Waals surface area contributed by atoms with Gasteiger partial charge in [0.05, 0.1) is 5.52 Å². The fourth-order valence-electron chi connectivity index (χ4n) is 2.14. The molecule has 1 N–H and O–H groups in total. The second kappa shape index (κ2) is 5.21. The zero-order valence-corrected chi connectivity index (χ0v) is 11.1. The summed E-state index contributed by atoms with van der Waals surface area (Å²) in [5.41, 5.74) is 1.42. The van der Waals surface area contributed by atoms with Gasteiger partial charge in [0.25, 0.3) is 5.91 Å². The van der Waals surface area contributed by atoms with Gasteiger partial charge in [-0.2, -0.15) is 5.10 Å². The lowest BCUT2D eigenvalue weighted by Crippen LogP contribution is -2.38. The molecule has 1 amide bonds. The van der Waals surface area contributed by atoms with Gasteiger partial charge in [-0.3, -0.25) is 9.89 Å². The number of amides is 1. The molecular weight excluding hydrogens is 226 g/mol. The van der Waals surface area contributed by atoms with Crippen molar-refractivity contribution in [2.75, 3.05) is 6.54 Å². The third kappa shape index (κ3) is 2.10. The minimum absolute atomic E-state index is 0.00398. The fraction of sp³-hybridized carbons (Fsp3) is 0.429. The third-order valence-electron chi connectivity index (χ3n) is 3.40.